The number of hydrogen-bond acceptors (Lipinski definition) is 6. The molecule has 0 atom stereocenters. The summed E-state index contributed by atoms with van der Waals surface area (Å²) in [5.74, 6) is -1.05. The second-order valence-electron chi connectivity index (χ2n) is 6.20. The van der Waals surface area contributed by atoms with Gasteiger partial charge in [0.2, 0.25) is 15.8 Å². The predicted molar refractivity (Wildman–Crippen MR) is 103 cm³/mol. The van der Waals surface area contributed by atoms with Crippen molar-refractivity contribution in [1.82, 2.24) is 4.72 Å². The van der Waals surface area contributed by atoms with Gasteiger partial charge in [0.1, 0.15) is 0 Å². The molecule has 2 rings (SSSR count). The van der Waals surface area contributed by atoms with E-state index in [0.29, 0.717) is 13.2 Å². The molecule has 10 heteroatoms. The van der Waals surface area contributed by atoms with Gasteiger partial charge >= 0.3 is 5.69 Å². The highest BCUT2D eigenvalue weighted by atomic mass is 32.2. The fourth-order valence-electron chi connectivity index (χ4n) is 2.64. The van der Waals surface area contributed by atoms with E-state index in [1.165, 1.54) is 6.92 Å². The number of methoxy groups -OCH3 is 1. The number of nitrogens with zero attached hydrogens (tertiary/aromatic N) is 2. The molecule has 2 aromatic carbocycles. The number of hydrogen-bond donors (Lipinski definition) is 1. The molecule has 0 amide bonds. The Bertz CT molecular complexity index is 966. The summed E-state index contributed by atoms with van der Waals surface area (Å²) in [6, 6.07) is 9.04. The topological polar surface area (TPSA) is 102 Å². The normalized spacial score (nSPS) is 11.4. The quantitative estimate of drug-likeness (QED) is 0.503. The molecular formula is C18H22FN3O5S. The highest BCUT2D eigenvalue weighted by molar-refractivity contribution is 7.89. The van der Waals surface area contributed by atoms with Crippen molar-refractivity contribution in [2.75, 3.05) is 32.2 Å². The number of anilines is 1. The Morgan fingerprint density at radius 1 is 1.29 bits per heavy atom. The van der Waals surface area contributed by atoms with Crippen LogP contribution in [0.4, 0.5) is 15.8 Å². The second-order valence-corrected chi connectivity index (χ2v) is 7.96. The maximum absolute atomic E-state index is 13.8. The standard InChI is InChI=1S/C18H22FN3O5S/c1-13-10-15(11-17(18(13)19)22(23)24)28(25,26)20-12-14-6-4-5-7-16(14)21(2)8-9-27-3/h4-7,10-11,20H,8-9,12H2,1-3H3. The lowest BCUT2D eigenvalue weighted by molar-refractivity contribution is -0.387. The van der Waals surface area contributed by atoms with Crippen LogP contribution in [0.2, 0.25) is 0 Å². The van der Waals surface area contributed by atoms with Crippen LogP contribution < -0.4 is 9.62 Å². The van der Waals surface area contributed by atoms with Crippen molar-refractivity contribution in [1.29, 1.82) is 0 Å². The van der Waals surface area contributed by atoms with Crippen molar-refractivity contribution in [3.63, 3.8) is 0 Å². The summed E-state index contributed by atoms with van der Waals surface area (Å²) in [5.41, 5.74) is 0.552. The molecule has 0 bridgehead atoms. The van der Waals surface area contributed by atoms with Crippen LogP contribution in [0, 0.1) is 22.9 Å². The molecule has 2 aromatic rings. The Morgan fingerprint density at radius 2 is 1.96 bits per heavy atom. The van der Waals surface area contributed by atoms with E-state index in [4.69, 9.17) is 4.74 Å². The highest BCUT2D eigenvalue weighted by Gasteiger charge is 2.24. The van der Waals surface area contributed by atoms with Crippen LogP contribution in [0.3, 0.4) is 0 Å². The van der Waals surface area contributed by atoms with E-state index < -0.39 is 26.5 Å². The Kier molecular flexibility index (Phi) is 7.05. The molecule has 0 spiro atoms. The number of sulfonamides is 1. The number of nitro groups is 1. The van der Waals surface area contributed by atoms with Gasteiger partial charge < -0.3 is 9.64 Å². The summed E-state index contributed by atoms with van der Waals surface area (Å²) in [6.45, 7) is 2.38. The van der Waals surface area contributed by atoms with Crippen molar-refractivity contribution in [2.45, 2.75) is 18.4 Å². The fourth-order valence-corrected chi connectivity index (χ4v) is 3.75. The van der Waals surface area contributed by atoms with E-state index in [1.807, 2.05) is 24.1 Å². The molecule has 152 valence electrons. The maximum atomic E-state index is 13.8. The molecule has 28 heavy (non-hydrogen) atoms. The van der Waals surface area contributed by atoms with Gasteiger partial charge in [-0.1, -0.05) is 18.2 Å². The lowest BCUT2D eigenvalue weighted by Gasteiger charge is -2.22. The minimum absolute atomic E-state index is 0.0277. The van der Waals surface area contributed by atoms with E-state index in [0.717, 1.165) is 23.4 Å². The first-order chi connectivity index (χ1) is 13.2. The number of aryl methyl sites for hydroxylation is 1. The Hall–Kier alpha value is -2.56. The summed E-state index contributed by atoms with van der Waals surface area (Å²) in [6.07, 6.45) is 0. The number of likely N-dealkylation sites (N-methyl/N-ethyl adjacent to an activating group) is 1. The van der Waals surface area contributed by atoms with Crippen LogP contribution in [0.25, 0.3) is 0 Å². The maximum Gasteiger partial charge on any atom is 0.306 e. The van der Waals surface area contributed by atoms with Crippen molar-refractivity contribution >= 4 is 21.4 Å². The van der Waals surface area contributed by atoms with Crippen molar-refractivity contribution in [3.05, 3.63) is 63.5 Å². The molecule has 0 fully saturated rings. The van der Waals surface area contributed by atoms with Crippen LogP contribution >= 0.6 is 0 Å². The third-order valence-corrected chi connectivity index (χ3v) is 5.58. The van der Waals surface area contributed by atoms with Gasteiger partial charge in [0.05, 0.1) is 16.4 Å². The van der Waals surface area contributed by atoms with Crippen LogP contribution in [0.15, 0.2) is 41.3 Å². The highest BCUT2D eigenvalue weighted by Crippen LogP contribution is 2.26. The minimum atomic E-state index is -4.08. The summed E-state index contributed by atoms with van der Waals surface area (Å²) in [5, 5.41) is 11.0. The average Bonchev–Trinajstić information content (AvgIpc) is 2.66. The largest absolute Gasteiger partial charge is 0.383 e. The van der Waals surface area contributed by atoms with Crippen molar-refractivity contribution < 1.29 is 22.5 Å². The zero-order chi connectivity index (χ0) is 20.9. The molecule has 0 unspecified atom stereocenters. The van der Waals surface area contributed by atoms with Gasteiger partial charge in [0.25, 0.3) is 0 Å². The molecule has 0 saturated heterocycles. The lowest BCUT2D eigenvalue weighted by Crippen LogP contribution is -2.27. The average molecular weight is 411 g/mol. The zero-order valence-corrected chi connectivity index (χ0v) is 16.6. The first-order valence-corrected chi connectivity index (χ1v) is 9.88. The number of nitro benzene ring substituents is 1. The number of nitrogens with one attached hydrogen (secondary N) is 1. The SMILES string of the molecule is COCCN(C)c1ccccc1CNS(=O)(=O)c1cc(C)c(F)c([N+](=O)[O-])c1. The van der Waals surface area contributed by atoms with Gasteiger partial charge in [0.15, 0.2) is 0 Å². The minimum Gasteiger partial charge on any atom is -0.383 e. The van der Waals surface area contributed by atoms with Gasteiger partial charge in [-0.3, -0.25) is 10.1 Å². The van der Waals surface area contributed by atoms with E-state index >= 15 is 0 Å². The van der Waals surface area contributed by atoms with Crippen LogP contribution in [-0.4, -0.2) is 40.7 Å². The first-order valence-electron chi connectivity index (χ1n) is 8.39. The lowest BCUT2D eigenvalue weighted by atomic mass is 10.1. The smallest absolute Gasteiger partial charge is 0.306 e. The van der Waals surface area contributed by atoms with Gasteiger partial charge in [0, 0.05) is 39.0 Å². The van der Waals surface area contributed by atoms with Crippen molar-refractivity contribution in [2.24, 2.45) is 0 Å². The van der Waals surface area contributed by atoms with Gasteiger partial charge in [-0.2, -0.15) is 4.39 Å². The van der Waals surface area contributed by atoms with Gasteiger partial charge in [-0.05, 0) is 30.2 Å². The molecule has 0 aliphatic carbocycles. The molecule has 0 aromatic heterocycles. The van der Waals surface area contributed by atoms with Crippen molar-refractivity contribution in [3.8, 4) is 0 Å². The molecule has 0 saturated carbocycles. The van der Waals surface area contributed by atoms with Crippen LogP contribution in [-0.2, 0) is 21.3 Å². The molecule has 0 radical (unpaired) electrons. The number of rotatable bonds is 9. The molecule has 0 heterocycles. The number of halogens is 1. The van der Waals surface area contributed by atoms with E-state index in [9.17, 15) is 22.9 Å². The molecule has 1 N–H and O–H groups in total. The second kappa shape index (κ2) is 9.09. The third kappa shape index (κ3) is 5.03. The van der Waals surface area contributed by atoms with E-state index in [2.05, 4.69) is 4.72 Å². The first kappa shape index (κ1) is 21.7. The monoisotopic (exact) mass is 411 g/mol. The molecular weight excluding hydrogens is 389 g/mol. The Labute approximate surface area is 163 Å². The summed E-state index contributed by atoms with van der Waals surface area (Å²) in [4.78, 5) is 11.6. The van der Waals surface area contributed by atoms with E-state index in [-0.39, 0.29) is 17.0 Å². The van der Waals surface area contributed by atoms with E-state index in [1.54, 1.807) is 19.2 Å². The van der Waals surface area contributed by atoms with Crippen LogP contribution in [0.5, 0.6) is 0 Å². The molecule has 8 nitrogen and oxygen atoms in total. The zero-order valence-electron chi connectivity index (χ0n) is 15.8. The third-order valence-electron chi connectivity index (χ3n) is 4.20. The summed E-state index contributed by atoms with van der Waals surface area (Å²) in [7, 11) is -0.622. The molecule has 0 aliphatic rings. The summed E-state index contributed by atoms with van der Waals surface area (Å²) >= 11 is 0. The van der Waals surface area contributed by atoms with Gasteiger partial charge in [-0.25, -0.2) is 13.1 Å². The molecule has 0 aliphatic heterocycles. The van der Waals surface area contributed by atoms with Gasteiger partial charge in [-0.15, -0.1) is 0 Å². The summed E-state index contributed by atoms with van der Waals surface area (Å²) < 4.78 is 46.5. The predicted octanol–water partition coefficient (Wildman–Crippen LogP) is 2.60. The van der Waals surface area contributed by atoms with Crippen LogP contribution in [0.1, 0.15) is 11.1 Å². The number of para-hydroxylation sites is 1. The number of ether oxygens (including phenoxy) is 1. The Balaban J connectivity index is 2.27. The Morgan fingerprint density at radius 3 is 2.61 bits per heavy atom. The fraction of sp³-hybridized carbons (Fsp3) is 0.333. The number of benzene rings is 2.